The number of imidazole rings is 1. The molecule has 1 aliphatic rings. The van der Waals surface area contributed by atoms with Crippen molar-refractivity contribution in [3.63, 3.8) is 0 Å². The average Bonchev–Trinajstić information content (AvgIpc) is 3.42. The molecule has 0 spiro atoms. The van der Waals surface area contributed by atoms with Crippen LogP contribution in [0.2, 0.25) is 0 Å². The average molecular weight is 391 g/mol. The molecule has 0 fully saturated rings. The second-order valence-electron chi connectivity index (χ2n) is 6.67. The van der Waals surface area contributed by atoms with Crippen LogP contribution in [0, 0.1) is 0 Å². The standard InChI is InChI=1S/C22H25N5O2/c1-2-23-22(24-11-10-16-8-9-19-20(12-16)29-15-28-19)26-14-21-25-13-18(27-21)17-6-4-3-5-7-17/h3-9,12-13H,2,10-11,14-15H2,1H3,(H,25,27)(H2,23,24,26). The van der Waals surface area contributed by atoms with Gasteiger partial charge in [0.2, 0.25) is 6.79 Å². The number of H-pyrrole nitrogens is 1. The molecule has 1 aliphatic heterocycles. The molecule has 0 saturated carbocycles. The smallest absolute Gasteiger partial charge is 0.231 e. The summed E-state index contributed by atoms with van der Waals surface area (Å²) in [5, 5.41) is 6.64. The minimum Gasteiger partial charge on any atom is -0.454 e. The van der Waals surface area contributed by atoms with Gasteiger partial charge in [0.15, 0.2) is 17.5 Å². The van der Waals surface area contributed by atoms with Gasteiger partial charge in [-0.25, -0.2) is 9.98 Å². The third kappa shape index (κ3) is 4.87. The molecule has 7 heteroatoms. The summed E-state index contributed by atoms with van der Waals surface area (Å²) in [4.78, 5) is 12.4. The highest BCUT2D eigenvalue weighted by atomic mass is 16.7. The molecule has 29 heavy (non-hydrogen) atoms. The largest absolute Gasteiger partial charge is 0.454 e. The van der Waals surface area contributed by atoms with Gasteiger partial charge in [0.25, 0.3) is 0 Å². The molecular formula is C22H25N5O2. The van der Waals surface area contributed by atoms with Crippen LogP contribution in [0.3, 0.4) is 0 Å². The van der Waals surface area contributed by atoms with Crippen molar-refractivity contribution in [1.82, 2.24) is 20.6 Å². The molecular weight excluding hydrogens is 366 g/mol. The fourth-order valence-electron chi connectivity index (χ4n) is 3.12. The van der Waals surface area contributed by atoms with Crippen LogP contribution in [0.4, 0.5) is 0 Å². The maximum atomic E-state index is 5.44. The highest BCUT2D eigenvalue weighted by Crippen LogP contribution is 2.32. The Labute approximate surface area is 170 Å². The van der Waals surface area contributed by atoms with Gasteiger partial charge in [-0.05, 0) is 36.6 Å². The maximum Gasteiger partial charge on any atom is 0.231 e. The Morgan fingerprint density at radius 3 is 2.83 bits per heavy atom. The van der Waals surface area contributed by atoms with Crippen LogP contribution in [0.5, 0.6) is 11.5 Å². The molecule has 0 saturated heterocycles. The van der Waals surface area contributed by atoms with E-state index in [1.54, 1.807) is 0 Å². The first-order valence-corrected chi connectivity index (χ1v) is 9.82. The Bertz CT molecular complexity index is 968. The van der Waals surface area contributed by atoms with Gasteiger partial charge < -0.3 is 25.1 Å². The molecule has 0 radical (unpaired) electrons. The lowest BCUT2D eigenvalue weighted by atomic mass is 10.1. The fourth-order valence-corrected chi connectivity index (χ4v) is 3.12. The molecule has 3 aromatic rings. The zero-order chi connectivity index (χ0) is 19.9. The zero-order valence-electron chi connectivity index (χ0n) is 16.4. The number of nitrogens with zero attached hydrogens (tertiary/aromatic N) is 2. The Hall–Kier alpha value is -3.48. The molecule has 1 aromatic heterocycles. The van der Waals surface area contributed by atoms with Gasteiger partial charge in [0.1, 0.15) is 12.4 Å². The predicted octanol–water partition coefficient (Wildman–Crippen LogP) is 3.10. The number of hydrogen-bond acceptors (Lipinski definition) is 4. The van der Waals surface area contributed by atoms with Crippen molar-refractivity contribution in [1.29, 1.82) is 0 Å². The second-order valence-corrected chi connectivity index (χ2v) is 6.67. The van der Waals surface area contributed by atoms with Crippen LogP contribution in [-0.4, -0.2) is 35.8 Å². The number of aliphatic imine (C=N–C) groups is 1. The number of aromatic nitrogens is 2. The van der Waals surface area contributed by atoms with Crippen LogP contribution in [0.15, 0.2) is 59.7 Å². The third-order valence-electron chi connectivity index (χ3n) is 4.59. The Balaban J connectivity index is 1.32. The summed E-state index contributed by atoms with van der Waals surface area (Å²) in [6, 6.07) is 16.2. The van der Waals surface area contributed by atoms with E-state index in [1.807, 2.05) is 36.5 Å². The van der Waals surface area contributed by atoms with Gasteiger partial charge in [0, 0.05) is 13.1 Å². The number of aromatic amines is 1. The Kier molecular flexibility index (Phi) is 5.95. The first kappa shape index (κ1) is 18.9. The van der Waals surface area contributed by atoms with E-state index in [-0.39, 0.29) is 0 Å². The zero-order valence-corrected chi connectivity index (χ0v) is 16.4. The second kappa shape index (κ2) is 9.14. The highest BCUT2D eigenvalue weighted by Gasteiger charge is 2.13. The number of rotatable bonds is 7. The Morgan fingerprint density at radius 1 is 1.10 bits per heavy atom. The van der Waals surface area contributed by atoms with Crippen LogP contribution in [-0.2, 0) is 13.0 Å². The van der Waals surface area contributed by atoms with E-state index in [1.165, 1.54) is 5.56 Å². The van der Waals surface area contributed by atoms with E-state index in [2.05, 4.69) is 50.7 Å². The minimum atomic E-state index is 0.299. The number of guanidine groups is 1. The fraction of sp³-hybridized carbons (Fsp3) is 0.273. The first-order valence-electron chi connectivity index (χ1n) is 9.82. The molecule has 0 unspecified atom stereocenters. The monoisotopic (exact) mass is 391 g/mol. The van der Waals surface area contributed by atoms with Crippen molar-refractivity contribution in [3.05, 3.63) is 66.1 Å². The lowest BCUT2D eigenvalue weighted by Gasteiger charge is -2.11. The molecule has 7 nitrogen and oxygen atoms in total. The van der Waals surface area contributed by atoms with Crippen LogP contribution >= 0.6 is 0 Å². The maximum absolute atomic E-state index is 5.44. The molecule has 2 heterocycles. The summed E-state index contributed by atoms with van der Waals surface area (Å²) < 4.78 is 10.8. The van der Waals surface area contributed by atoms with Crippen molar-refractivity contribution in [2.75, 3.05) is 19.9 Å². The summed E-state index contributed by atoms with van der Waals surface area (Å²) in [5.74, 6) is 3.22. The van der Waals surface area contributed by atoms with Crippen molar-refractivity contribution in [3.8, 4) is 22.8 Å². The van der Waals surface area contributed by atoms with Crippen LogP contribution in [0.1, 0.15) is 18.3 Å². The predicted molar refractivity (Wildman–Crippen MR) is 113 cm³/mol. The van der Waals surface area contributed by atoms with Crippen molar-refractivity contribution < 1.29 is 9.47 Å². The van der Waals surface area contributed by atoms with Gasteiger partial charge in [-0.15, -0.1) is 0 Å². The first-order chi connectivity index (χ1) is 14.3. The molecule has 0 aliphatic carbocycles. The normalized spacial score (nSPS) is 12.8. The summed E-state index contributed by atoms with van der Waals surface area (Å²) in [6.07, 6.45) is 2.71. The molecule has 150 valence electrons. The number of ether oxygens (including phenoxy) is 2. The SMILES string of the molecule is CCNC(=NCc1ncc(-c2ccccc2)[nH]1)NCCc1ccc2c(c1)OCO2. The van der Waals surface area contributed by atoms with E-state index in [4.69, 9.17) is 9.47 Å². The minimum absolute atomic E-state index is 0.299. The van der Waals surface area contributed by atoms with Crippen molar-refractivity contribution in [2.24, 2.45) is 4.99 Å². The van der Waals surface area contributed by atoms with Gasteiger partial charge in [-0.2, -0.15) is 0 Å². The van der Waals surface area contributed by atoms with Gasteiger partial charge >= 0.3 is 0 Å². The number of nitrogens with one attached hydrogen (secondary N) is 3. The molecule has 4 rings (SSSR count). The number of benzene rings is 2. The van der Waals surface area contributed by atoms with Crippen LogP contribution in [0.25, 0.3) is 11.3 Å². The van der Waals surface area contributed by atoms with E-state index >= 15 is 0 Å². The summed E-state index contributed by atoms with van der Waals surface area (Å²) in [5.41, 5.74) is 3.30. The van der Waals surface area contributed by atoms with E-state index < -0.39 is 0 Å². The highest BCUT2D eigenvalue weighted by molar-refractivity contribution is 5.79. The third-order valence-corrected chi connectivity index (χ3v) is 4.59. The van der Waals surface area contributed by atoms with Gasteiger partial charge in [-0.3, -0.25) is 0 Å². The molecule has 0 atom stereocenters. The quantitative estimate of drug-likeness (QED) is 0.426. The Morgan fingerprint density at radius 2 is 1.97 bits per heavy atom. The van der Waals surface area contributed by atoms with E-state index in [0.717, 1.165) is 54.1 Å². The molecule has 3 N–H and O–H groups in total. The molecule has 2 aromatic carbocycles. The van der Waals surface area contributed by atoms with Crippen molar-refractivity contribution >= 4 is 5.96 Å². The van der Waals surface area contributed by atoms with Crippen LogP contribution < -0.4 is 20.1 Å². The topological polar surface area (TPSA) is 83.6 Å². The lowest BCUT2D eigenvalue weighted by molar-refractivity contribution is 0.174. The molecule has 0 bridgehead atoms. The lowest BCUT2D eigenvalue weighted by Crippen LogP contribution is -2.38. The van der Waals surface area contributed by atoms with E-state index in [9.17, 15) is 0 Å². The van der Waals surface area contributed by atoms with Crippen molar-refractivity contribution in [2.45, 2.75) is 19.9 Å². The van der Waals surface area contributed by atoms with E-state index in [0.29, 0.717) is 13.3 Å². The van der Waals surface area contributed by atoms with Gasteiger partial charge in [0.05, 0.1) is 11.9 Å². The number of hydrogen-bond donors (Lipinski definition) is 3. The number of fused-ring (bicyclic) bond motifs is 1. The molecule has 0 amide bonds. The van der Waals surface area contributed by atoms with Gasteiger partial charge in [-0.1, -0.05) is 36.4 Å². The summed E-state index contributed by atoms with van der Waals surface area (Å²) >= 11 is 0. The summed E-state index contributed by atoms with van der Waals surface area (Å²) in [7, 11) is 0. The summed E-state index contributed by atoms with van der Waals surface area (Å²) in [6.45, 7) is 4.39.